The van der Waals surface area contributed by atoms with E-state index in [0.29, 0.717) is 11.5 Å². The third-order valence-electron chi connectivity index (χ3n) is 5.24. The number of hydrogen-bond donors (Lipinski definition) is 1. The van der Waals surface area contributed by atoms with E-state index >= 15 is 0 Å². The number of rotatable bonds is 5. The van der Waals surface area contributed by atoms with Gasteiger partial charge in [-0.1, -0.05) is 27.2 Å². The lowest BCUT2D eigenvalue weighted by Crippen LogP contribution is -2.38. The summed E-state index contributed by atoms with van der Waals surface area (Å²) in [5.41, 5.74) is 0.496. The van der Waals surface area contributed by atoms with Crippen LogP contribution in [0, 0.1) is 18.3 Å². The van der Waals surface area contributed by atoms with Crippen molar-refractivity contribution in [1.82, 2.24) is 10.3 Å². The molecule has 0 radical (unpaired) electrons. The Labute approximate surface area is 123 Å². The number of aromatic nitrogens is 1. The predicted molar refractivity (Wildman–Crippen MR) is 82.6 cm³/mol. The SMILES string of the molecule is CCC(C)(C)C1CCC(NC(C)c2ncc(C)o2)CC1. The fraction of sp³-hybridized carbons (Fsp3) is 0.824. The molecular formula is C17H30N2O. The maximum absolute atomic E-state index is 5.61. The van der Waals surface area contributed by atoms with Gasteiger partial charge in [0.05, 0.1) is 12.2 Å². The van der Waals surface area contributed by atoms with Gasteiger partial charge in [-0.2, -0.15) is 0 Å². The van der Waals surface area contributed by atoms with E-state index in [1.807, 2.05) is 6.92 Å². The first kappa shape index (κ1) is 15.6. The third kappa shape index (κ3) is 3.63. The molecule has 0 bridgehead atoms. The van der Waals surface area contributed by atoms with Gasteiger partial charge in [0, 0.05) is 6.04 Å². The summed E-state index contributed by atoms with van der Waals surface area (Å²) in [5, 5.41) is 3.68. The van der Waals surface area contributed by atoms with E-state index in [1.165, 1.54) is 32.1 Å². The smallest absolute Gasteiger partial charge is 0.211 e. The summed E-state index contributed by atoms with van der Waals surface area (Å²) in [4.78, 5) is 4.32. The zero-order chi connectivity index (χ0) is 14.8. The van der Waals surface area contributed by atoms with Crippen LogP contribution in [-0.2, 0) is 0 Å². The molecule has 0 amide bonds. The summed E-state index contributed by atoms with van der Waals surface area (Å²) in [6, 6.07) is 0.825. The van der Waals surface area contributed by atoms with E-state index in [4.69, 9.17) is 4.42 Å². The Hall–Kier alpha value is -0.830. The maximum atomic E-state index is 5.61. The molecule has 1 unspecified atom stereocenters. The Bertz CT molecular complexity index is 416. The van der Waals surface area contributed by atoms with Crippen LogP contribution >= 0.6 is 0 Å². The van der Waals surface area contributed by atoms with Crippen molar-refractivity contribution in [3.63, 3.8) is 0 Å². The van der Waals surface area contributed by atoms with Crippen LogP contribution in [0.1, 0.15) is 77.5 Å². The molecule has 1 fully saturated rings. The molecule has 1 aliphatic rings. The standard InChI is InChI=1S/C17H30N2O/c1-6-17(4,5)14-7-9-15(10-8-14)19-13(3)16-18-11-12(2)20-16/h11,13-15,19H,6-10H2,1-5H3. The lowest BCUT2D eigenvalue weighted by Gasteiger charge is -2.39. The van der Waals surface area contributed by atoms with Crippen LogP contribution in [0.2, 0.25) is 0 Å². The minimum absolute atomic E-state index is 0.212. The molecule has 20 heavy (non-hydrogen) atoms. The van der Waals surface area contributed by atoms with Gasteiger partial charge in [-0.25, -0.2) is 4.98 Å². The lowest BCUT2D eigenvalue weighted by atomic mass is 9.69. The fourth-order valence-electron chi connectivity index (χ4n) is 3.33. The van der Waals surface area contributed by atoms with Crippen molar-refractivity contribution in [2.24, 2.45) is 11.3 Å². The van der Waals surface area contributed by atoms with E-state index < -0.39 is 0 Å². The third-order valence-corrected chi connectivity index (χ3v) is 5.24. The fourth-order valence-corrected chi connectivity index (χ4v) is 3.33. The van der Waals surface area contributed by atoms with Gasteiger partial charge in [-0.05, 0) is 50.9 Å². The van der Waals surface area contributed by atoms with Gasteiger partial charge in [0.15, 0.2) is 0 Å². The molecule has 3 nitrogen and oxygen atoms in total. The molecule has 0 aliphatic heterocycles. The molecular weight excluding hydrogens is 248 g/mol. The van der Waals surface area contributed by atoms with Gasteiger partial charge in [0.2, 0.25) is 5.89 Å². The average Bonchev–Trinajstić information content (AvgIpc) is 2.86. The molecule has 0 saturated heterocycles. The number of nitrogens with zero attached hydrogens (tertiary/aromatic N) is 1. The summed E-state index contributed by atoms with van der Waals surface area (Å²) >= 11 is 0. The largest absolute Gasteiger partial charge is 0.444 e. The molecule has 0 spiro atoms. The van der Waals surface area contributed by atoms with Crippen LogP contribution in [0.3, 0.4) is 0 Å². The van der Waals surface area contributed by atoms with Crippen molar-refractivity contribution < 1.29 is 4.42 Å². The first-order valence-electron chi connectivity index (χ1n) is 8.10. The van der Waals surface area contributed by atoms with Crippen molar-refractivity contribution in [2.75, 3.05) is 0 Å². The second-order valence-corrected chi connectivity index (χ2v) is 7.09. The normalized spacial score (nSPS) is 25.6. The van der Waals surface area contributed by atoms with Crippen LogP contribution in [-0.4, -0.2) is 11.0 Å². The summed E-state index contributed by atoms with van der Waals surface area (Å²) in [6.07, 6.45) is 8.32. The highest BCUT2D eigenvalue weighted by Crippen LogP contribution is 2.40. The Morgan fingerprint density at radius 3 is 2.50 bits per heavy atom. The minimum atomic E-state index is 0.212. The molecule has 3 heteroatoms. The first-order chi connectivity index (χ1) is 9.42. The minimum Gasteiger partial charge on any atom is -0.444 e. The van der Waals surface area contributed by atoms with E-state index in [0.717, 1.165) is 17.6 Å². The van der Waals surface area contributed by atoms with E-state index in [9.17, 15) is 0 Å². The first-order valence-corrected chi connectivity index (χ1v) is 8.10. The van der Waals surface area contributed by atoms with Crippen molar-refractivity contribution in [1.29, 1.82) is 0 Å². The zero-order valence-electron chi connectivity index (χ0n) is 13.7. The molecule has 1 aromatic rings. The van der Waals surface area contributed by atoms with Gasteiger partial charge >= 0.3 is 0 Å². The summed E-state index contributed by atoms with van der Waals surface area (Å²) in [7, 11) is 0. The summed E-state index contributed by atoms with van der Waals surface area (Å²) < 4.78 is 5.61. The molecule has 1 aromatic heterocycles. The number of oxazole rings is 1. The summed E-state index contributed by atoms with van der Waals surface area (Å²) in [6.45, 7) is 11.2. The summed E-state index contributed by atoms with van der Waals surface area (Å²) in [5.74, 6) is 2.59. The van der Waals surface area contributed by atoms with Gasteiger partial charge in [-0.3, -0.25) is 0 Å². The Morgan fingerprint density at radius 1 is 1.35 bits per heavy atom. The van der Waals surface area contributed by atoms with E-state index in [-0.39, 0.29) is 6.04 Å². The quantitative estimate of drug-likeness (QED) is 0.853. The molecule has 0 aromatic carbocycles. The van der Waals surface area contributed by atoms with E-state index in [2.05, 4.69) is 38.0 Å². The van der Waals surface area contributed by atoms with Gasteiger partial charge in [0.1, 0.15) is 5.76 Å². The van der Waals surface area contributed by atoms with Crippen LogP contribution < -0.4 is 5.32 Å². The van der Waals surface area contributed by atoms with Crippen LogP contribution in [0.25, 0.3) is 0 Å². The monoisotopic (exact) mass is 278 g/mol. The molecule has 1 saturated carbocycles. The second kappa shape index (κ2) is 6.30. The number of hydrogen-bond acceptors (Lipinski definition) is 3. The van der Waals surface area contributed by atoms with Gasteiger partial charge < -0.3 is 9.73 Å². The molecule has 1 N–H and O–H groups in total. The topological polar surface area (TPSA) is 38.1 Å². The lowest BCUT2D eigenvalue weighted by molar-refractivity contribution is 0.133. The van der Waals surface area contributed by atoms with Crippen LogP contribution in [0.5, 0.6) is 0 Å². The maximum Gasteiger partial charge on any atom is 0.211 e. The Morgan fingerprint density at radius 2 is 2.00 bits per heavy atom. The molecule has 1 aliphatic carbocycles. The Kier molecular flexibility index (Phi) is 4.90. The highest BCUT2D eigenvalue weighted by molar-refractivity contribution is 4.96. The molecule has 1 atom stereocenters. The van der Waals surface area contributed by atoms with Crippen molar-refractivity contribution in [3.8, 4) is 0 Å². The molecule has 2 rings (SSSR count). The number of nitrogens with one attached hydrogen (secondary N) is 1. The highest BCUT2D eigenvalue weighted by Gasteiger charge is 2.32. The molecule has 1 heterocycles. The second-order valence-electron chi connectivity index (χ2n) is 7.09. The van der Waals surface area contributed by atoms with Crippen molar-refractivity contribution >= 4 is 0 Å². The van der Waals surface area contributed by atoms with Crippen molar-refractivity contribution in [2.45, 2.75) is 78.8 Å². The average molecular weight is 278 g/mol. The van der Waals surface area contributed by atoms with Gasteiger partial charge in [-0.15, -0.1) is 0 Å². The van der Waals surface area contributed by atoms with Crippen LogP contribution in [0.4, 0.5) is 0 Å². The van der Waals surface area contributed by atoms with Crippen LogP contribution in [0.15, 0.2) is 10.6 Å². The predicted octanol–water partition coefficient (Wildman–Crippen LogP) is 4.63. The van der Waals surface area contributed by atoms with E-state index in [1.54, 1.807) is 6.20 Å². The Balaban J connectivity index is 1.82. The highest BCUT2D eigenvalue weighted by atomic mass is 16.4. The van der Waals surface area contributed by atoms with Crippen molar-refractivity contribution in [3.05, 3.63) is 17.8 Å². The number of aryl methyl sites for hydroxylation is 1. The van der Waals surface area contributed by atoms with Gasteiger partial charge in [0.25, 0.3) is 0 Å². The molecule has 114 valence electrons. The zero-order valence-corrected chi connectivity index (χ0v) is 13.7.